The van der Waals surface area contributed by atoms with Crippen LogP contribution in [0.1, 0.15) is 48.6 Å². The van der Waals surface area contributed by atoms with Crippen molar-refractivity contribution in [1.82, 2.24) is 15.5 Å². The summed E-state index contributed by atoms with van der Waals surface area (Å²) in [7, 11) is 0. The molecule has 2 N–H and O–H groups in total. The van der Waals surface area contributed by atoms with Crippen molar-refractivity contribution in [2.75, 3.05) is 26.2 Å². The molecular formula is C29H36BrN3O2S. The average Bonchev–Trinajstić information content (AvgIpc) is 3.28. The lowest BCUT2D eigenvalue weighted by atomic mass is 10.0. The number of nitrogens with one attached hydrogen (secondary N) is 2. The van der Waals surface area contributed by atoms with Gasteiger partial charge in [0.15, 0.2) is 0 Å². The molecule has 0 unspecified atom stereocenters. The molecule has 7 heteroatoms. The predicted molar refractivity (Wildman–Crippen MR) is 152 cm³/mol. The monoisotopic (exact) mass is 569 g/mol. The second-order valence-corrected chi connectivity index (χ2v) is 12.1. The quantitative estimate of drug-likeness (QED) is 0.366. The largest absolute Gasteiger partial charge is 0.489 e. The van der Waals surface area contributed by atoms with E-state index in [-0.39, 0.29) is 11.9 Å². The van der Waals surface area contributed by atoms with E-state index in [1.165, 1.54) is 21.2 Å². The molecule has 0 saturated carbocycles. The topological polar surface area (TPSA) is 53.6 Å². The van der Waals surface area contributed by atoms with E-state index in [9.17, 15) is 4.79 Å². The van der Waals surface area contributed by atoms with Gasteiger partial charge in [0.25, 0.3) is 0 Å². The first kappa shape index (κ1) is 25.7. The van der Waals surface area contributed by atoms with Gasteiger partial charge in [-0.2, -0.15) is 0 Å². The Labute approximate surface area is 226 Å². The molecule has 2 aromatic carbocycles. The van der Waals surface area contributed by atoms with Gasteiger partial charge in [0, 0.05) is 35.3 Å². The Morgan fingerprint density at radius 3 is 2.61 bits per heavy atom. The number of fused-ring (bicyclic) bond motifs is 1. The van der Waals surface area contributed by atoms with Crippen LogP contribution in [-0.2, 0) is 24.2 Å². The molecule has 36 heavy (non-hydrogen) atoms. The molecule has 2 saturated heterocycles. The minimum atomic E-state index is 0.143. The molecule has 3 heterocycles. The maximum atomic E-state index is 12.7. The van der Waals surface area contributed by atoms with Crippen LogP contribution in [0.3, 0.4) is 0 Å². The highest BCUT2D eigenvalue weighted by Gasteiger charge is 2.22. The molecule has 0 bridgehead atoms. The van der Waals surface area contributed by atoms with Crippen molar-refractivity contribution in [1.29, 1.82) is 0 Å². The summed E-state index contributed by atoms with van der Waals surface area (Å²) in [6.07, 6.45) is 5.92. The number of hydrogen-bond donors (Lipinski definition) is 2. The number of nitrogens with zero attached hydrogens (tertiary/aromatic N) is 1. The highest BCUT2D eigenvalue weighted by molar-refractivity contribution is 9.10. The van der Waals surface area contributed by atoms with Gasteiger partial charge in [-0.05, 0) is 102 Å². The third-order valence-electron chi connectivity index (χ3n) is 7.31. The Morgan fingerprint density at radius 1 is 1.08 bits per heavy atom. The molecule has 0 radical (unpaired) electrons. The summed E-state index contributed by atoms with van der Waals surface area (Å²) in [6.45, 7) is 7.16. The van der Waals surface area contributed by atoms with Gasteiger partial charge in [-0.1, -0.05) is 25.1 Å². The van der Waals surface area contributed by atoms with Crippen molar-refractivity contribution in [2.45, 2.75) is 64.1 Å². The fourth-order valence-electron chi connectivity index (χ4n) is 5.22. The molecule has 0 atom stereocenters. The van der Waals surface area contributed by atoms with Crippen molar-refractivity contribution in [3.05, 3.63) is 62.9 Å². The number of aryl methyl sites for hydroxylation is 1. The number of amides is 1. The normalized spacial score (nSPS) is 17.9. The van der Waals surface area contributed by atoms with Gasteiger partial charge in [0.1, 0.15) is 11.9 Å². The number of thiophene rings is 1. The molecule has 1 aromatic heterocycles. The zero-order valence-electron chi connectivity index (χ0n) is 21.0. The Balaban J connectivity index is 1.07. The first-order valence-electron chi connectivity index (χ1n) is 13.2. The van der Waals surface area contributed by atoms with Crippen molar-refractivity contribution >= 4 is 43.3 Å². The van der Waals surface area contributed by atoms with Crippen LogP contribution < -0.4 is 15.4 Å². The molecule has 3 aromatic rings. The average molecular weight is 571 g/mol. The lowest BCUT2D eigenvalue weighted by Crippen LogP contribution is -2.44. The third-order valence-corrected chi connectivity index (χ3v) is 9.05. The van der Waals surface area contributed by atoms with E-state index in [0.717, 1.165) is 79.9 Å². The fourth-order valence-corrected chi connectivity index (χ4v) is 6.78. The first-order chi connectivity index (χ1) is 17.6. The van der Waals surface area contributed by atoms with E-state index in [4.69, 9.17) is 4.74 Å². The van der Waals surface area contributed by atoms with Crippen LogP contribution in [-0.4, -0.2) is 49.1 Å². The molecule has 192 valence electrons. The summed E-state index contributed by atoms with van der Waals surface area (Å²) in [4.78, 5) is 16.4. The highest BCUT2D eigenvalue weighted by Crippen LogP contribution is 2.30. The summed E-state index contributed by atoms with van der Waals surface area (Å²) < 4.78 is 8.51. The Kier molecular flexibility index (Phi) is 8.62. The number of halogens is 1. The van der Waals surface area contributed by atoms with Crippen molar-refractivity contribution < 1.29 is 9.53 Å². The maximum Gasteiger partial charge on any atom is 0.225 e. The molecular weight excluding hydrogens is 534 g/mol. The standard InChI is InChI=1S/C29H36BrN3O2S/c1-2-20-4-6-28-22(15-20)17-25(36-28)18-29(34)32-23-9-13-33(14-10-23)19-21-3-5-27(26(30)16-21)35-24-7-11-31-12-8-24/h3-6,15-17,23-24,31H,2,7-14,18-19H2,1H3,(H,32,34). The Bertz CT molecular complexity index is 1180. The molecule has 2 aliphatic rings. The number of piperidine rings is 2. The van der Waals surface area contributed by atoms with E-state index in [2.05, 4.69) is 80.9 Å². The van der Waals surface area contributed by atoms with E-state index in [1.807, 2.05) is 0 Å². The van der Waals surface area contributed by atoms with Crippen LogP contribution in [0.4, 0.5) is 0 Å². The van der Waals surface area contributed by atoms with Gasteiger partial charge in [0.05, 0.1) is 10.9 Å². The molecule has 2 aliphatic heterocycles. The van der Waals surface area contributed by atoms with E-state index >= 15 is 0 Å². The fraction of sp³-hybridized carbons (Fsp3) is 0.483. The molecule has 0 spiro atoms. The third kappa shape index (κ3) is 6.68. The van der Waals surface area contributed by atoms with Gasteiger partial charge < -0.3 is 15.4 Å². The van der Waals surface area contributed by atoms with E-state index < -0.39 is 0 Å². The number of benzene rings is 2. The van der Waals surface area contributed by atoms with Crippen LogP contribution in [0.15, 0.2) is 46.9 Å². The van der Waals surface area contributed by atoms with Crippen LogP contribution >= 0.6 is 27.3 Å². The van der Waals surface area contributed by atoms with Gasteiger partial charge in [-0.25, -0.2) is 0 Å². The van der Waals surface area contributed by atoms with Crippen LogP contribution in [0.2, 0.25) is 0 Å². The molecule has 5 rings (SSSR count). The summed E-state index contributed by atoms with van der Waals surface area (Å²) in [5.41, 5.74) is 2.63. The summed E-state index contributed by atoms with van der Waals surface area (Å²) >= 11 is 5.45. The Hall–Kier alpha value is -1.93. The van der Waals surface area contributed by atoms with Gasteiger partial charge in [-0.15, -0.1) is 11.3 Å². The molecule has 1 amide bonds. The molecule has 5 nitrogen and oxygen atoms in total. The van der Waals surface area contributed by atoms with Gasteiger partial charge >= 0.3 is 0 Å². The summed E-state index contributed by atoms with van der Waals surface area (Å²) in [5.74, 6) is 1.08. The van der Waals surface area contributed by atoms with Crippen molar-refractivity contribution in [3.8, 4) is 5.75 Å². The summed E-state index contributed by atoms with van der Waals surface area (Å²) in [6, 6.07) is 15.5. The van der Waals surface area contributed by atoms with Crippen molar-refractivity contribution in [2.24, 2.45) is 0 Å². The second kappa shape index (κ2) is 12.1. The number of rotatable bonds is 8. The Morgan fingerprint density at radius 2 is 1.86 bits per heavy atom. The van der Waals surface area contributed by atoms with Crippen molar-refractivity contribution in [3.63, 3.8) is 0 Å². The zero-order valence-corrected chi connectivity index (χ0v) is 23.4. The smallest absolute Gasteiger partial charge is 0.225 e. The van der Waals surface area contributed by atoms with Crippen LogP contribution in [0, 0.1) is 0 Å². The second-order valence-electron chi connectivity index (χ2n) is 10.1. The lowest BCUT2D eigenvalue weighted by Gasteiger charge is -2.32. The van der Waals surface area contributed by atoms with Crippen LogP contribution in [0.5, 0.6) is 5.75 Å². The molecule has 2 fully saturated rings. The van der Waals surface area contributed by atoms with E-state index in [0.29, 0.717) is 12.5 Å². The molecule has 0 aliphatic carbocycles. The van der Waals surface area contributed by atoms with E-state index in [1.54, 1.807) is 11.3 Å². The minimum Gasteiger partial charge on any atom is -0.489 e. The number of hydrogen-bond acceptors (Lipinski definition) is 5. The predicted octanol–water partition coefficient (Wildman–Crippen LogP) is 5.68. The number of ether oxygens (including phenoxy) is 1. The lowest BCUT2D eigenvalue weighted by molar-refractivity contribution is -0.121. The number of carbonyl (C=O) groups excluding carboxylic acids is 1. The number of likely N-dealkylation sites (tertiary alicyclic amines) is 1. The van der Waals surface area contributed by atoms with Gasteiger partial charge in [0.2, 0.25) is 5.91 Å². The summed E-state index contributed by atoms with van der Waals surface area (Å²) in [5, 5.41) is 7.93. The van der Waals surface area contributed by atoms with Crippen LogP contribution in [0.25, 0.3) is 10.1 Å². The highest BCUT2D eigenvalue weighted by atomic mass is 79.9. The first-order valence-corrected chi connectivity index (χ1v) is 14.9. The van der Waals surface area contributed by atoms with Gasteiger partial charge in [-0.3, -0.25) is 9.69 Å². The minimum absolute atomic E-state index is 0.143. The SMILES string of the molecule is CCc1ccc2sc(CC(=O)NC3CCN(Cc4ccc(OC5CCNCC5)c(Br)c4)CC3)cc2c1. The maximum absolute atomic E-state index is 12.7. The number of carbonyl (C=O) groups is 1. The zero-order chi connectivity index (χ0) is 24.9.